The first kappa shape index (κ1) is 25.8. The van der Waals surface area contributed by atoms with E-state index in [2.05, 4.69) is 15.0 Å². The number of thiazole rings is 1. The maximum atomic E-state index is 14.0. The van der Waals surface area contributed by atoms with Gasteiger partial charge < -0.3 is 15.0 Å². The number of halogens is 2. The second kappa shape index (κ2) is 11.6. The number of aromatic nitrogens is 1. The van der Waals surface area contributed by atoms with Crippen molar-refractivity contribution in [2.45, 2.75) is 31.6 Å². The summed E-state index contributed by atoms with van der Waals surface area (Å²) in [6.07, 6.45) is 1.68. The van der Waals surface area contributed by atoms with Gasteiger partial charge in [0.1, 0.15) is 11.5 Å². The van der Waals surface area contributed by atoms with Crippen LogP contribution in [0, 0.1) is 5.82 Å². The molecule has 0 aliphatic carbocycles. The smallest absolute Gasteiger partial charge is 0.306 e. The molecule has 188 valence electrons. The predicted molar refractivity (Wildman–Crippen MR) is 137 cm³/mol. The highest BCUT2D eigenvalue weighted by atomic mass is 35.5. The molecule has 10 heteroatoms. The van der Waals surface area contributed by atoms with Crippen LogP contribution in [0.5, 0.6) is 0 Å². The zero-order valence-corrected chi connectivity index (χ0v) is 21.2. The predicted octanol–water partition coefficient (Wildman–Crippen LogP) is 5.51. The molecule has 3 aromatic rings. The van der Waals surface area contributed by atoms with Gasteiger partial charge in [-0.05, 0) is 48.7 Å². The van der Waals surface area contributed by atoms with Gasteiger partial charge in [-0.1, -0.05) is 23.7 Å². The number of hydrogen-bond acceptors (Lipinski definition) is 6. The number of piperidine rings is 1. The van der Waals surface area contributed by atoms with Gasteiger partial charge >= 0.3 is 5.97 Å². The van der Waals surface area contributed by atoms with Crippen LogP contribution < -0.4 is 5.32 Å². The summed E-state index contributed by atoms with van der Waals surface area (Å²) in [6.45, 7) is 1.15. The third-order valence-corrected chi connectivity index (χ3v) is 7.37. The highest BCUT2D eigenvalue weighted by Gasteiger charge is 2.26. The molecule has 4 rings (SSSR count). The van der Waals surface area contributed by atoms with Crippen LogP contribution in [0.2, 0.25) is 5.02 Å². The van der Waals surface area contributed by atoms with Crippen LogP contribution in [0.3, 0.4) is 0 Å². The van der Waals surface area contributed by atoms with E-state index in [0.29, 0.717) is 29.4 Å². The minimum atomic E-state index is -0.413. The van der Waals surface area contributed by atoms with Crippen molar-refractivity contribution in [3.05, 3.63) is 69.4 Å². The van der Waals surface area contributed by atoms with Crippen LogP contribution in [-0.4, -0.2) is 47.9 Å². The molecule has 1 saturated heterocycles. The van der Waals surface area contributed by atoms with Gasteiger partial charge in [0.05, 0.1) is 18.5 Å². The molecule has 1 aromatic heterocycles. The number of ether oxygens (including phenoxy) is 1. The van der Waals surface area contributed by atoms with Crippen LogP contribution in [0.1, 0.15) is 47.1 Å². The Hall–Kier alpha value is -3.30. The highest BCUT2D eigenvalue weighted by molar-refractivity contribution is 7.10. The van der Waals surface area contributed by atoms with E-state index in [9.17, 15) is 18.8 Å². The largest absolute Gasteiger partial charge is 0.469 e. The Bertz CT molecular complexity index is 1260. The van der Waals surface area contributed by atoms with Gasteiger partial charge in [-0.15, -0.1) is 11.3 Å². The van der Waals surface area contributed by atoms with E-state index in [1.165, 1.54) is 36.6 Å². The number of carbonyl (C=O) groups excluding carboxylic acids is 3. The standard InChI is InChI=1S/C26H25ClFN3O4S/c1-35-24(33)9-8-23(32)31-12-10-17(11-13-31)26-30-22(15-36-26)25(34)29-21-7-6-19(28)14-20(21)16-2-4-18(27)5-3-16/h2-7,14-15,17H,8-13H2,1H3,(H,29,34). The van der Waals surface area contributed by atoms with E-state index >= 15 is 0 Å². The molecule has 0 radical (unpaired) electrons. The number of carbonyl (C=O) groups is 3. The second-order valence-corrected chi connectivity index (χ2v) is 9.78. The molecule has 0 spiro atoms. The summed E-state index contributed by atoms with van der Waals surface area (Å²) in [5.41, 5.74) is 2.02. The first-order chi connectivity index (χ1) is 17.3. The average molecular weight is 530 g/mol. The number of esters is 1. The molecule has 0 atom stereocenters. The quantitative estimate of drug-likeness (QED) is 0.407. The first-order valence-corrected chi connectivity index (χ1v) is 12.8. The number of amides is 2. The van der Waals surface area contributed by atoms with Crippen molar-refractivity contribution in [3.8, 4) is 11.1 Å². The molecule has 0 bridgehead atoms. The molecule has 0 unspecified atom stereocenters. The lowest BCUT2D eigenvalue weighted by Gasteiger charge is -2.31. The Balaban J connectivity index is 1.38. The highest BCUT2D eigenvalue weighted by Crippen LogP contribution is 2.32. The number of rotatable bonds is 7. The summed E-state index contributed by atoms with van der Waals surface area (Å²) in [7, 11) is 1.30. The van der Waals surface area contributed by atoms with Crippen molar-refractivity contribution in [1.29, 1.82) is 0 Å². The topological polar surface area (TPSA) is 88.6 Å². The lowest BCUT2D eigenvalue weighted by atomic mass is 9.97. The fourth-order valence-electron chi connectivity index (χ4n) is 4.10. The van der Waals surface area contributed by atoms with Crippen molar-refractivity contribution >= 4 is 46.4 Å². The molecular formula is C26H25ClFN3O4S. The molecule has 2 heterocycles. The Morgan fingerprint density at radius 1 is 1.14 bits per heavy atom. The van der Waals surface area contributed by atoms with E-state index in [-0.39, 0.29) is 36.3 Å². The Morgan fingerprint density at radius 3 is 2.56 bits per heavy atom. The molecule has 1 fully saturated rings. The lowest BCUT2D eigenvalue weighted by Crippen LogP contribution is -2.38. The SMILES string of the molecule is COC(=O)CCC(=O)N1CCC(c2nc(C(=O)Nc3ccc(F)cc3-c3ccc(Cl)cc3)cs2)CC1. The van der Waals surface area contributed by atoms with Gasteiger partial charge in [0, 0.05) is 47.1 Å². The van der Waals surface area contributed by atoms with Gasteiger partial charge in [0.15, 0.2) is 0 Å². The van der Waals surface area contributed by atoms with Gasteiger partial charge in [-0.25, -0.2) is 9.37 Å². The summed E-state index contributed by atoms with van der Waals surface area (Å²) in [5.74, 6) is -1.10. The number of nitrogens with one attached hydrogen (secondary N) is 1. The molecule has 1 aliphatic heterocycles. The number of hydrogen-bond donors (Lipinski definition) is 1. The van der Waals surface area contributed by atoms with E-state index in [1.807, 2.05) is 0 Å². The molecule has 2 amide bonds. The zero-order chi connectivity index (χ0) is 25.7. The third-order valence-electron chi connectivity index (χ3n) is 6.11. The van der Waals surface area contributed by atoms with Crippen LogP contribution in [0.25, 0.3) is 11.1 Å². The Morgan fingerprint density at radius 2 is 1.86 bits per heavy atom. The molecule has 0 saturated carbocycles. The number of methoxy groups -OCH3 is 1. The maximum absolute atomic E-state index is 14.0. The van der Waals surface area contributed by atoms with Crippen molar-refractivity contribution < 1.29 is 23.5 Å². The molecule has 36 heavy (non-hydrogen) atoms. The Labute approximate surface area is 217 Å². The van der Waals surface area contributed by atoms with Crippen molar-refractivity contribution in [2.75, 3.05) is 25.5 Å². The molecule has 7 nitrogen and oxygen atoms in total. The summed E-state index contributed by atoms with van der Waals surface area (Å²) in [4.78, 5) is 42.9. The van der Waals surface area contributed by atoms with E-state index in [4.69, 9.17) is 11.6 Å². The number of likely N-dealkylation sites (tertiary alicyclic amines) is 1. The summed E-state index contributed by atoms with van der Waals surface area (Å²) in [5, 5.41) is 5.97. The fraction of sp³-hybridized carbons (Fsp3) is 0.308. The van der Waals surface area contributed by atoms with Crippen LogP contribution >= 0.6 is 22.9 Å². The second-order valence-electron chi connectivity index (χ2n) is 8.45. The Kier molecular flexibility index (Phi) is 8.32. The summed E-state index contributed by atoms with van der Waals surface area (Å²) in [6, 6.07) is 11.1. The van der Waals surface area contributed by atoms with Crippen molar-refractivity contribution in [2.24, 2.45) is 0 Å². The first-order valence-electron chi connectivity index (χ1n) is 11.5. The van der Waals surface area contributed by atoms with Gasteiger partial charge in [-0.2, -0.15) is 0 Å². The van der Waals surface area contributed by atoms with E-state index in [0.717, 1.165) is 23.4 Å². The van der Waals surface area contributed by atoms with Gasteiger partial charge in [0.25, 0.3) is 5.91 Å². The van der Waals surface area contributed by atoms with E-state index < -0.39 is 11.8 Å². The van der Waals surface area contributed by atoms with E-state index in [1.54, 1.807) is 34.5 Å². The summed E-state index contributed by atoms with van der Waals surface area (Å²) >= 11 is 7.38. The number of benzene rings is 2. The molecule has 1 aliphatic rings. The van der Waals surface area contributed by atoms with Crippen LogP contribution in [-0.2, 0) is 14.3 Å². The number of nitrogens with zero attached hydrogens (tertiary/aromatic N) is 2. The van der Waals surface area contributed by atoms with Gasteiger partial charge in [0.2, 0.25) is 5.91 Å². The zero-order valence-electron chi connectivity index (χ0n) is 19.6. The minimum absolute atomic E-state index is 0.0613. The molecule has 1 N–H and O–H groups in total. The van der Waals surface area contributed by atoms with Crippen LogP contribution in [0.15, 0.2) is 47.8 Å². The molecule has 2 aromatic carbocycles. The fourth-order valence-corrected chi connectivity index (χ4v) is 5.20. The van der Waals surface area contributed by atoms with Gasteiger partial charge in [-0.3, -0.25) is 14.4 Å². The van der Waals surface area contributed by atoms with Crippen molar-refractivity contribution in [3.63, 3.8) is 0 Å². The average Bonchev–Trinajstić information content (AvgIpc) is 3.39. The molecular weight excluding hydrogens is 505 g/mol. The monoisotopic (exact) mass is 529 g/mol. The number of anilines is 1. The minimum Gasteiger partial charge on any atom is -0.469 e. The lowest BCUT2D eigenvalue weighted by molar-refractivity contribution is -0.143. The maximum Gasteiger partial charge on any atom is 0.306 e. The van der Waals surface area contributed by atoms with Crippen LogP contribution in [0.4, 0.5) is 10.1 Å². The third kappa shape index (κ3) is 6.27. The normalized spacial score (nSPS) is 13.9. The van der Waals surface area contributed by atoms with Crippen molar-refractivity contribution in [1.82, 2.24) is 9.88 Å². The summed E-state index contributed by atoms with van der Waals surface area (Å²) < 4.78 is 18.5.